The standard InChI is InChI=1S/C17H20N2O5/c1-11-9-19(5-6-23-11)16(20)10-24-17(21)15-7-12-3-4-13(22-2)8-14(12)18-15/h3-4,7-8,11,18H,5-6,9-10H2,1-2H3. The topological polar surface area (TPSA) is 80.9 Å². The van der Waals surface area contributed by atoms with Gasteiger partial charge in [0.2, 0.25) is 0 Å². The minimum absolute atomic E-state index is 0.00193. The molecule has 0 saturated carbocycles. The Morgan fingerprint density at radius 1 is 1.38 bits per heavy atom. The van der Waals surface area contributed by atoms with Crippen molar-refractivity contribution in [3.8, 4) is 5.75 Å². The smallest absolute Gasteiger partial charge is 0.355 e. The molecule has 7 nitrogen and oxygen atoms in total. The van der Waals surface area contributed by atoms with Gasteiger partial charge in [0.25, 0.3) is 5.91 Å². The number of fused-ring (bicyclic) bond motifs is 1. The first-order chi connectivity index (χ1) is 11.6. The number of nitrogens with one attached hydrogen (secondary N) is 1. The Morgan fingerprint density at radius 2 is 2.21 bits per heavy atom. The summed E-state index contributed by atoms with van der Waals surface area (Å²) in [6.07, 6.45) is 0.00193. The fraction of sp³-hybridized carbons (Fsp3) is 0.412. The van der Waals surface area contributed by atoms with Gasteiger partial charge in [-0.05, 0) is 25.1 Å². The van der Waals surface area contributed by atoms with Crippen molar-refractivity contribution < 1.29 is 23.8 Å². The highest BCUT2D eigenvalue weighted by Crippen LogP contribution is 2.21. The number of carbonyl (C=O) groups is 2. The third kappa shape index (κ3) is 3.51. The summed E-state index contributed by atoms with van der Waals surface area (Å²) in [4.78, 5) is 28.9. The fourth-order valence-corrected chi connectivity index (χ4v) is 2.68. The monoisotopic (exact) mass is 332 g/mol. The molecular weight excluding hydrogens is 312 g/mol. The number of methoxy groups -OCH3 is 1. The SMILES string of the molecule is COc1ccc2cc(C(=O)OCC(=O)N3CCOC(C)C3)[nH]c2c1. The van der Waals surface area contributed by atoms with Crippen LogP contribution in [-0.2, 0) is 14.3 Å². The molecule has 2 heterocycles. The third-order valence-electron chi connectivity index (χ3n) is 3.97. The molecule has 2 aromatic rings. The predicted molar refractivity (Wildman–Crippen MR) is 87.1 cm³/mol. The number of ether oxygens (including phenoxy) is 3. The van der Waals surface area contributed by atoms with Crippen molar-refractivity contribution in [2.75, 3.05) is 33.4 Å². The maximum Gasteiger partial charge on any atom is 0.355 e. The lowest BCUT2D eigenvalue weighted by molar-refractivity contribution is -0.141. The van der Waals surface area contributed by atoms with Crippen LogP contribution in [0, 0.1) is 0 Å². The minimum atomic E-state index is -0.556. The molecule has 1 unspecified atom stereocenters. The highest BCUT2D eigenvalue weighted by Gasteiger charge is 2.22. The molecule has 3 rings (SSSR count). The van der Waals surface area contributed by atoms with Gasteiger partial charge in [0.1, 0.15) is 11.4 Å². The van der Waals surface area contributed by atoms with Crippen molar-refractivity contribution in [2.45, 2.75) is 13.0 Å². The van der Waals surface area contributed by atoms with Crippen LogP contribution in [0.1, 0.15) is 17.4 Å². The van der Waals surface area contributed by atoms with Gasteiger partial charge in [-0.1, -0.05) is 0 Å². The van der Waals surface area contributed by atoms with Gasteiger partial charge in [-0.25, -0.2) is 4.79 Å². The van der Waals surface area contributed by atoms with E-state index in [2.05, 4.69) is 4.98 Å². The number of H-pyrrole nitrogens is 1. The average molecular weight is 332 g/mol. The molecule has 1 saturated heterocycles. The highest BCUT2D eigenvalue weighted by molar-refractivity contribution is 5.96. The van der Waals surface area contributed by atoms with Gasteiger partial charge >= 0.3 is 5.97 Å². The normalized spacial score (nSPS) is 17.8. The number of aromatic nitrogens is 1. The Labute approximate surface area is 139 Å². The van der Waals surface area contributed by atoms with E-state index in [1.807, 2.05) is 19.1 Å². The number of hydrogen-bond donors (Lipinski definition) is 1. The Hall–Kier alpha value is -2.54. The zero-order chi connectivity index (χ0) is 17.1. The maximum atomic E-state index is 12.1. The Balaban J connectivity index is 1.61. The number of morpholine rings is 1. The number of nitrogens with zero attached hydrogens (tertiary/aromatic N) is 1. The van der Waals surface area contributed by atoms with Crippen LogP contribution in [-0.4, -0.2) is 61.3 Å². The summed E-state index contributed by atoms with van der Waals surface area (Å²) in [5.74, 6) is -0.0722. The van der Waals surface area contributed by atoms with E-state index in [-0.39, 0.29) is 18.6 Å². The van der Waals surface area contributed by atoms with E-state index in [1.54, 1.807) is 24.1 Å². The second-order valence-corrected chi connectivity index (χ2v) is 5.73. The van der Waals surface area contributed by atoms with Crippen LogP contribution in [0.3, 0.4) is 0 Å². The van der Waals surface area contributed by atoms with Crippen LogP contribution in [0.2, 0.25) is 0 Å². The Bertz CT molecular complexity index is 755. The van der Waals surface area contributed by atoms with E-state index in [4.69, 9.17) is 14.2 Å². The van der Waals surface area contributed by atoms with Crippen molar-refractivity contribution >= 4 is 22.8 Å². The molecule has 1 N–H and O–H groups in total. The molecule has 1 fully saturated rings. The van der Waals surface area contributed by atoms with Gasteiger partial charge in [0.15, 0.2) is 6.61 Å². The van der Waals surface area contributed by atoms with Gasteiger partial charge in [-0.3, -0.25) is 4.79 Å². The van der Waals surface area contributed by atoms with Gasteiger partial charge in [0.05, 0.1) is 19.8 Å². The largest absolute Gasteiger partial charge is 0.497 e. The lowest BCUT2D eigenvalue weighted by Gasteiger charge is -2.30. The molecular formula is C17H20N2O5. The van der Waals surface area contributed by atoms with Gasteiger partial charge in [-0.2, -0.15) is 0 Å². The zero-order valence-electron chi connectivity index (χ0n) is 13.7. The molecule has 1 aliphatic rings. The number of carbonyl (C=O) groups excluding carboxylic acids is 2. The van der Waals surface area contributed by atoms with E-state index in [9.17, 15) is 9.59 Å². The van der Waals surface area contributed by atoms with Crippen molar-refractivity contribution in [1.29, 1.82) is 0 Å². The van der Waals surface area contributed by atoms with Crippen LogP contribution in [0.15, 0.2) is 24.3 Å². The number of amides is 1. The first-order valence-corrected chi connectivity index (χ1v) is 7.80. The summed E-state index contributed by atoms with van der Waals surface area (Å²) in [5.41, 5.74) is 1.08. The molecule has 1 aromatic heterocycles. The third-order valence-corrected chi connectivity index (χ3v) is 3.97. The molecule has 0 bridgehead atoms. The number of aromatic amines is 1. The van der Waals surface area contributed by atoms with Gasteiger partial charge in [-0.15, -0.1) is 0 Å². The second-order valence-electron chi connectivity index (χ2n) is 5.73. The van der Waals surface area contributed by atoms with E-state index in [0.717, 1.165) is 10.9 Å². The van der Waals surface area contributed by atoms with Crippen molar-refractivity contribution in [3.63, 3.8) is 0 Å². The average Bonchev–Trinajstić information content (AvgIpc) is 3.02. The highest BCUT2D eigenvalue weighted by atomic mass is 16.5. The molecule has 128 valence electrons. The van der Waals surface area contributed by atoms with Crippen molar-refractivity contribution in [1.82, 2.24) is 9.88 Å². The zero-order valence-corrected chi connectivity index (χ0v) is 13.7. The second kappa shape index (κ2) is 6.92. The number of benzene rings is 1. The van der Waals surface area contributed by atoms with Crippen molar-refractivity contribution in [2.24, 2.45) is 0 Å². The quantitative estimate of drug-likeness (QED) is 0.860. The summed E-state index contributed by atoms with van der Waals surface area (Å²) in [6.45, 7) is 3.18. The first-order valence-electron chi connectivity index (χ1n) is 7.80. The summed E-state index contributed by atoms with van der Waals surface area (Å²) in [6, 6.07) is 7.15. The van der Waals surface area contributed by atoms with Crippen LogP contribution >= 0.6 is 0 Å². The summed E-state index contributed by atoms with van der Waals surface area (Å²) in [5, 5.41) is 0.871. The molecule has 24 heavy (non-hydrogen) atoms. The lowest BCUT2D eigenvalue weighted by Crippen LogP contribution is -2.46. The number of esters is 1. The van der Waals surface area contributed by atoms with Crippen LogP contribution in [0.4, 0.5) is 0 Å². The molecule has 1 aliphatic heterocycles. The summed E-state index contributed by atoms with van der Waals surface area (Å²) < 4.78 is 15.7. The Kier molecular flexibility index (Phi) is 4.71. The minimum Gasteiger partial charge on any atom is -0.497 e. The van der Waals surface area contributed by atoms with Crippen LogP contribution in [0.25, 0.3) is 10.9 Å². The molecule has 1 amide bonds. The summed E-state index contributed by atoms with van der Waals surface area (Å²) >= 11 is 0. The molecule has 0 spiro atoms. The summed E-state index contributed by atoms with van der Waals surface area (Å²) in [7, 11) is 1.58. The van der Waals surface area contributed by atoms with E-state index in [0.29, 0.717) is 31.1 Å². The Morgan fingerprint density at radius 3 is 2.96 bits per heavy atom. The van der Waals surface area contributed by atoms with E-state index >= 15 is 0 Å². The lowest BCUT2D eigenvalue weighted by atomic mass is 10.2. The molecule has 1 atom stereocenters. The van der Waals surface area contributed by atoms with E-state index in [1.165, 1.54) is 0 Å². The number of hydrogen-bond acceptors (Lipinski definition) is 5. The first kappa shape index (κ1) is 16.3. The molecule has 1 aromatic carbocycles. The van der Waals surface area contributed by atoms with Crippen LogP contribution < -0.4 is 4.74 Å². The van der Waals surface area contributed by atoms with Gasteiger partial charge < -0.3 is 24.1 Å². The predicted octanol–water partition coefficient (Wildman–Crippen LogP) is 1.58. The maximum absolute atomic E-state index is 12.1. The van der Waals surface area contributed by atoms with Crippen molar-refractivity contribution in [3.05, 3.63) is 30.0 Å². The molecule has 7 heteroatoms. The molecule has 0 radical (unpaired) electrons. The fourth-order valence-electron chi connectivity index (χ4n) is 2.68. The van der Waals surface area contributed by atoms with E-state index < -0.39 is 5.97 Å². The number of rotatable bonds is 4. The van der Waals surface area contributed by atoms with Gasteiger partial charge in [0, 0.05) is 30.1 Å². The molecule has 0 aliphatic carbocycles. The van der Waals surface area contributed by atoms with Crippen LogP contribution in [0.5, 0.6) is 5.75 Å².